The minimum atomic E-state index is -0.145. The summed E-state index contributed by atoms with van der Waals surface area (Å²) >= 11 is 5.05. The van der Waals surface area contributed by atoms with Crippen LogP contribution >= 0.6 is 27.7 Å². The number of halogens is 1. The quantitative estimate of drug-likeness (QED) is 0.319. The van der Waals surface area contributed by atoms with Gasteiger partial charge in [-0.3, -0.25) is 9.20 Å². The van der Waals surface area contributed by atoms with Crippen molar-refractivity contribution in [3.05, 3.63) is 93.2 Å². The molecule has 6 nitrogen and oxygen atoms in total. The molecule has 0 saturated carbocycles. The Morgan fingerprint density at radius 3 is 2.61 bits per heavy atom. The fourth-order valence-corrected chi connectivity index (χ4v) is 4.64. The lowest BCUT2D eigenvalue weighted by Gasteiger charge is -2.12. The summed E-state index contributed by atoms with van der Waals surface area (Å²) < 4.78 is 9.92. The van der Waals surface area contributed by atoms with Crippen LogP contribution in [0.15, 0.2) is 87.2 Å². The molecule has 0 fully saturated rings. The third-order valence-electron chi connectivity index (χ3n) is 4.99. The summed E-state index contributed by atoms with van der Waals surface area (Å²) in [4.78, 5) is 13.4. The Morgan fingerprint density at radius 2 is 1.81 bits per heavy atom. The Labute approximate surface area is 190 Å². The van der Waals surface area contributed by atoms with E-state index in [9.17, 15) is 4.79 Å². The summed E-state index contributed by atoms with van der Waals surface area (Å²) in [6.45, 7) is 0. The average Bonchev–Trinajstić information content (AvgIpc) is 3.23. The smallest absolute Gasteiger partial charge is 0.267 e. The lowest BCUT2D eigenvalue weighted by atomic mass is 10.2. The van der Waals surface area contributed by atoms with Crippen LogP contribution in [0.5, 0.6) is 5.75 Å². The van der Waals surface area contributed by atoms with Crippen LogP contribution in [0.25, 0.3) is 22.4 Å². The molecule has 0 aliphatic heterocycles. The van der Waals surface area contributed by atoms with Gasteiger partial charge in [-0.1, -0.05) is 58.0 Å². The molecule has 0 radical (unpaired) electrons. The molecule has 5 rings (SSSR count). The first-order valence-corrected chi connectivity index (χ1v) is 11.3. The molecule has 31 heavy (non-hydrogen) atoms. The number of aromatic nitrogens is 4. The van der Waals surface area contributed by atoms with Crippen LogP contribution < -0.4 is 10.3 Å². The number of para-hydroxylation sites is 1. The van der Waals surface area contributed by atoms with Crippen molar-refractivity contribution in [2.45, 2.75) is 10.9 Å². The van der Waals surface area contributed by atoms with E-state index in [2.05, 4.69) is 38.3 Å². The van der Waals surface area contributed by atoms with E-state index in [-0.39, 0.29) is 5.56 Å². The van der Waals surface area contributed by atoms with Gasteiger partial charge in [0.05, 0.1) is 23.7 Å². The summed E-state index contributed by atoms with van der Waals surface area (Å²) in [5.41, 5.74) is 2.49. The van der Waals surface area contributed by atoms with Gasteiger partial charge in [-0.25, -0.2) is 4.57 Å². The summed E-state index contributed by atoms with van der Waals surface area (Å²) in [6, 6.07) is 23.1. The van der Waals surface area contributed by atoms with Crippen molar-refractivity contribution in [2.75, 3.05) is 7.11 Å². The minimum absolute atomic E-state index is 0.145. The van der Waals surface area contributed by atoms with Crippen LogP contribution in [-0.2, 0) is 5.75 Å². The first-order valence-electron chi connectivity index (χ1n) is 9.56. The van der Waals surface area contributed by atoms with Crippen LogP contribution in [0, 0.1) is 0 Å². The fraction of sp³-hybridized carbons (Fsp3) is 0.0870. The highest BCUT2D eigenvalue weighted by Gasteiger charge is 2.18. The molecule has 8 heteroatoms. The maximum absolute atomic E-state index is 13.4. The highest BCUT2D eigenvalue weighted by Crippen LogP contribution is 2.27. The molecule has 0 bridgehead atoms. The van der Waals surface area contributed by atoms with Gasteiger partial charge >= 0.3 is 0 Å². The first-order chi connectivity index (χ1) is 15.2. The molecule has 0 atom stereocenters. The molecule has 154 valence electrons. The molecule has 0 saturated heterocycles. The second kappa shape index (κ2) is 8.20. The lowest BCUT2D eigenvalue weighted by molar-refractivity contribution is 0.414. The van der Waals surface area contributed by atoms with Gasteiger partial charge in [-0.2, -0.15) is 0 Å². The van der Waals surface area contributed by atoms with E-state index in [1.54, 1.807) is 23.4 Å². The molecule has 2 aromatic heterocycles. The largest absolute Gasteiger partial charge is 0.497 e. The van der Waals surface area contributed by atoms with E-state index < -0.39 is 0 Å². The topological polar surface area (TPSA) is 61.4 Å². The molecule has 0 amide bonds. The van der Waals surface area contributed by atoms with E-state index in [0.29, 0.717) is 22.6 Å². The van der Waals surface area contributed by atoms with E-state index in [0.717, 1.165) is 20.9 Å². The lowest BCUT2D eigenvalue weighted by Crippen LogP contribution is -2.21. The highest BCUT2D eigenvalue weighted by molar-refractivity contribution is 9.10. The number of fused-ring (bicyclic) bond motifs is 3. The number of rotatable bonds is 5. The Balaban J connectivity index is 1.70. The van der Waals surface area contributed by atoms with Gasteiger partial charge in [0, 0.05) is 16.3 Å². The number of ether oxygens (including phenoxy) is 1. The van der Waals surface area contributed by atoms with Gasteiger partial charge in [0.15, 0.2) is 5.16 Å². The molecular formula is C23H17BrN4O2S. The van der Waals surface area contributed by atoms with Crippen molar-refractivity contribution in [2.24, 2.45) is 0 Å². The third-order valence-corrected chi connectivity index (χ3v) is 6.52. The van der Waals surface area contributed by atoms with Crippen LogP contribution in [0.1, 0.15) is 5.56 Å². The normalized spacial score (nSPS) is 11.3. The Morgan fingerprint density at radius 1 is 1.00 bits per heavy atom. The standard InChI is InChI=1S/C23H17BrN4O2S/c1-30-18-6-4-5-17(13-18)27-21(29)19-7-2-3-8-20(19)28-22(27)25-26-23(28)31-14-15-9-11-16(24)12-10-15/h2-13H,14H2,1H3. The molecule has 0 aliphatic rings. The SMILES string of the molecule is COc1cccc(-n2c(=O)c3ccccc3n3c(SCc4ccc(Br)cc4)nnc23)c1. The zero-order valence-electron chi connectivity index (χ0n) is 16.5. The third kappa shape index (κ3) is 3.62. The van der Waals surface area contributed by atoms with Crippen molar-refractivity contribution in [1.29, 1.82) is 0 Å². The monoisotopic (exact) mass is 492 g/mol. The fourth-order valence-electron chi connectivity index (χ4n) is 3.48. The van der Waals surface area contributed by atoms with Crippen molar-refractivity contribution in [1.82, 2.24) is 19.2 Å². The van der Waals surface area contributed by atoms with E-state index >= 15 is 0 Å². The van der Waals surface area contributed by atoms with Gasteiger partial charge < -0.3 is 4.74 Å². The second-order valence-electron chi connectivity index (χ2n) is 6.89. The Kier molecular flexibility index (Phi) is 5.25. The number of benzene rings is 3. The van der Waals surface area contributed by atoms with Crippen molar-refractivity contribution >= 4 is 44.4 Å². The maximum Gasteiger partial charge on any atom is 0.267 e. The number of hydrogen-bond acceptors (Lipinski definition) is 5. The zero-order valence-corrected chi connectivity index (χ0v) is 18.9. The summed E-state index contributed by atoms with van der Waals surface area (Å²) in [5.74, 6) is 1.87. The Bertz CT molecular complexity index is 1460. The average molecular weight is 493 g/mol. The molecule has 0 spiro atoms. The summed E-state index contributed by atoms with van der Waals surface area (Å²) in [7, 11) is 1.60. The van der Waals surface area contributed by atoms with Gasteiger partial charge in [-0.15, -0.1) is 10.2 Å². The predicted molar refractivity (Wildman–Crippen MR) is 126 cm³/mol. The summed E-state index contributed by atoms with van der Waals surface area (Å²) in [6.07, 6.45) is 0. The minimum Gasteiger partial charge on any atom is -0.497 e. The first kappa shape index (κ1) is 19.8. The molecule has 0 unspecified atom stereocenters. The number of thioether (sulfide) groups is 1. The van der Waals surface area contributed by atoms with Gasteiger partial charge in [0.25, 0.3) is 5.56 Å². The number of methoxy groups -OCH3 is 1. The van der Waals surface area contributed by atoms with Crippen LogP contribution in [-0.4, -0.2) is 26.3 Å². The molecule has 3 aromatic carbocycles. The molecule has 2 heterocycles. The summed E-state index contributed by atoms with van der Waals surface area (Å²) in [5, 5.41) is 10.1. The van der Waals surface area contributed by atoms with Crippen molar-refractivity contribution in [3.8, 4) is 11.4 Å². The van der Waals surface area contributed by atoms with E-state index in [4.69, 9.17) is 4.74 Å². The van der Waals surface area contributed by atoms with Crippen LogP contribution in [0.4, 0.5) is 0 Å². The van der Waals surface area contributed by atoms with Gasteiger partial charge in [0.1, 0.15) is 5.75 Å². The predicted octanol–water partition coefficient (Wildman–Crippen LogP) is 5.10. The van der Waals surface area contributed by atoms with Crippen LogP contribution in [0.3, 0.4) is 0 Å². The van der Waals surface area contributed by atoms with Gasteiger partial charge in [0.2, 0.25) is 5.78 Å². The maximum atomic E-state index is 13.4. The van der Waals surface area contributed by atoms with Crippen LogP contribution in [0.2, 0.25) is 0 Å². The molecule has 0 N–H and O–H groups in total. The molecular weight excluding hydrogens is 476 g/mol. The van der Waals surface area contributed by atoms with Crippen molar-refractivity contribution < 1.29 is 4.74 Å². The van der Waals surface area contributed by atoms with E-state index in [1.807, 2.05) is 65.1 Å². The number of hydrogen-bond donors (Lipinski definition) is 0. The van der Waals surface area contributed by atoms with Crippen molar-refractivity contribution in [3.63, 3.8) is 0 Å². The van der Waals surface area contributed by atoms with Gasteiger partial charge in [-0.05, 0) is 42.0 Å². The molecule has 0 aliphatic carbocycles. The van der Waals surface area contributed by atoms with E-state index in [1.165, 1.54) is 5.56 Å². The number of nitrogens with zero attached hydrogens (tertiary/aromatic N) is 4. The highest BCUT2D eigenvalue weighted by atomic mass is 79.9. The zero-order chi connectivity index (χ0) is 21.4. The second-order valence-corrected chi connectivity index (χ2v) is 8.75. The Hall–Kier alpha value is -3.10. The molecule has 5 aromatic rings.